The zero-order valence-electron chi connectivity index (χ0n) is 10.7. The third kappa shape index (κ3) is 9.93. The lowest BCUT2D eigenvalue weighted by Gasteiger charge is -2.17. The van der Waals surface area contributed by atoms with E-state index in [4.69, 9.17) is 14.2 Å². The molecule has 0 rings (SSSR count). The van der Waals surface area contributed by atoms with Gasteiger partial charge in [0.05, 0.1) is 6.61 Å². The maximum absolute atomic E-state index is 10.8. The number of hydrogen-bond acceptors (Lipinski definition) is 4. The summed E-state index contributed by atoms with van der Waals surface area (Å²) in [5.41, 5.74) is 0. The summed E-state index contributed by atoms with van der Waals surface area (Å²) in [6.45, 7) is 7.18. The summed E-state index contributed by atoms with van der Waals surface area (Å²) < 4.78 is 15.8. The quantitative estimate of drug-likeness (QED) is 0.330. The van der Waals surface area contributed by atoms with Crippen molar-refractivity contribution >= 4 is 5.97 Å². The average Bonchev–Trinajstić information content (AvgIpc) is 2.23. The molecule has 1 unspecified atom stereocenters. The van der Waals surface area contributed by atoms with Crippen molar-refractivity contribution in [1.29, 1.82) is 0 Å². The SMILES string of the molecule is CCCCOCC(OCCCC)OC(C)=O. The Morgan fingerprint density at radius 1 is 1.12 bits per heavy atom. The number of unbranched alkanes of at least 4 members (excludes halogenated alkanes) is 2. The van der Waals surface area contributed by atoms with Gasteiger partial charge in [-0.1, -0.05) is 26.7 Å². The van der Waals surface area contributed by atoms with Crippen LogP contribution in [0.3, 0.4) is 0 Å². The fraction of sp³-hybridized carbons (Fsp3) is 0.917. The first kappa shape index (κ1) is 15.4. The number of ether oxygens (including phenoxy) is 3. The minimum atomic E-state index is -0.555. The highest BCUT2D eigenvalue weighted by Crippen LogP contribution is 2.01. The van der Waals surface area contributed by atoms with Gasteiger partial charge >= 0.3 is 5.97 Å². The maximum Gasteiger partial charge on any atom is 0.305 e. The van der Waals surface area contributed by atoms with Crippen molar-refractivity contribution in [1.82, 2.24) is 0 Å². The second-order valence-electron chi connectivity index (χ2n) is 3.69. The van der Waals surface area contributed by atoms with E-state index in [1.165, 1.54) is 6.92 Å². The monoisotopic (exact) mass is 232 g/mol. The zero-order chi connectivity index (χ0) is 12.2. The van der Waals surface area contributed by atoms with Gasteiger partial charge in [0, 0.05) is 13.5 Å². The minimum Gasteiger partial charge on any atom is -0.433 e. The van der Waals surface area contributed by atoms with Gasteiger partial charge in [-0.3, -0.25) is 4.79 Å². The Balaban J connectivity index is 3.67. The van der Waals surface area contributed by atoms with Crippen LogP contribution in [0, 0.1) is 0 Å². The van der Waals surface area contributed by atoms with Crippen LogP contribution >= 0.6 is 0 Å². The van der Waals surface area contributed by atoms with Gasteiger partial charge < -0.3 is 14.2 Å². The molecule has 96 valence electrons. The normalized spacial score (nSPS) is 12.4. The molecule has 16 heavy (non-hydrogen) atoms. The van der Waals surface area contributed by atoms with E-state index in [0.717, 1.165) is 25.7 Å². The van der Waals surface area contributed by atoms with Gasteiger partial charge in [0.15, 0.2) is 0 Å². The van der Waals surface area contributed by atoms with Crippen LogP contribution in [-0.2, 0) is 19.0 Å². The highest BCUT2D eigenvalue weighted by Gasteiger charge is 2.12. The Labute approximate surface area is 98.3 Å². The zero-order valence-corrected chi connectivity index (χ0v) is 10.7. The van der Waals surface area contributed by atoms with Crippen molar-refractivity contribution in [3.05, 3.63) is 0 Å². The maximum atomic E-state index is 10.8. The lowest BCUT2D eigenvalue weighted by atomic mass is 10.4. The number of esters is 1. The van der Waals surface area contributed by atoms with Crippen LogP contribution < -0.4 is 0 Å². The molecule has 0 aromatic heterocycles. The van der Waals surface area contributed by atoms with Crippen LogP contribution in [-0.4, -0.2) is 32.1 Å². The van der Waals surface area contributed by atoms with Crippen molar-refractivity contribution < 1.29 is 19.0 Å². The number of carbonyl (C=O) groups excluding carboxylic acids is 1. The Bertz CT molecular complexity index is 170. The molecule has 4 nitrogen and oxygen atoms in total. The van der Waals surface area contributed by atoms with Gasteiger partial charge in [-0.25, -0.2) is 0 Å². The minimum absolute atomic E-state index is 0.323. The van der Waals surface area contributed by atoms with Gasteiger partial charge in [-0.2, -0.15) is 0 Å². The molecule has 0 bridgehead atoms. The predicted octanol–water partition coefficient (Wildman–Crippen LogP) is 2.51. The molecular formula is C12H24O4. The largest absolute Gasteiger partial charge is 0.433 e. The molecule has 0 amide bonds. The van der Waals surface area contributed by atoms with E-state index in [9.17, 15) is 4.79 Å². The molecule has 0 fully saturated rings. The van der Waals surface area contributed by atoms with E-state index >= 15 is 0 Å². The molecule has 0 aliphatic rings. The molecule has 1 atom stereocenters. The summed E-state index contributed by atoms with van der Waals surface area (Å²) >= 11 is 0. The van der Waals surface area contributed by atoms with Crippen molar-refractivity contribution in [3.8, 4) is 0 Å². The van der Waals surface area contributed by atoms with E-state index in [1.54, 1.807) is 0 Å². The number of carbonyl (C=O) groups is 1. The van der Waals surface area contributed by atoms with Crippen LogP contribution in [0.4, 0.5) is 0 Å². The third-order valence-electron chi connectivity index (χ3n) is 2.00. The Kier molecular flexibility index (Phi) is 10.5. The van der Waals surface area contributed by atoms with Crippen LogP contribution in [0.25, 0.3) is 0 Å². The molecule has 0 radical (unpaired) electrons. The van der Waals surface area contributed by atoms with Crippen molar-refractivity contribution in [2.24, 2.45) is 0 Å². The van der Waals surface area contributed by atoms with Crippen LogP contribution in [0.15, 0.2) is 0 Å². The molecular weight excluding hydrogens is 208 g/mol. The summed E-state index contributed by atoms with van der Waals surface area (Å²) in [4.78, 5) is 10.8. The molecule has 0 saturated carbocycles. The summed E-state index contributed by atoms with van der Waals surface area (Å²) in [6.07, 6.45) is 3.58. The summed E-state index contributed by atoms with van der Waals surface area (Å²) in [7, 11) is 0. The second-order valence-corrected chi connectivity index (χ2v) is 3.69. The molecule has 0 spiro atoms. The fourth-order valence-corrected chi connectivity index (χ4v) is 1.09. The van der Waals surface area contributed by atoms with E-state index in [0.29, 0.717) is 19.8 Å². The predicted molar refractivity (Wildman–Crippen MR) is 62.1 cm³/mol. The van der Waals surface area contributed by atoms with E-state index in [1.807, 2.05) is 0 Å². The molecule has 0 aliphatic carbocycles. The second kappa shape index (κ2) is 10.9. The smallest absolute Gasteiger partial charge is 0.305 e. The Morgan fingerprint density at radius 3 is 2.31 bits per heavy atom. The summed E-state index contributed by atoms with van der Waals surface area (Å²) in [6, 6.07) is 0. The first-order valence-corrected chi connectivity index (χ1v) is 6.07. The number of rotatable bonds is 10. The molecule has 0 saturated heterocycles. The third-order valence-corrected chi connectivity index (χ3v) is 2.00. The molecule has 0 heterocycles. The van der Waals surface area contributed by atoms with Gasteiger partial charge in [0.25, 0.3) is 0 Å². The van der Waals surface area contributed by atoms with Crippen molar-refractivity contribution in [2.45, 2.75) is 52.7 Å². The summed E-state index contributed by atoms with van der Waals surface area (Å²) in [5.74, 6) is -0.333. The highest BCUT2D eigenvalue weighted by atomic mass is 16.7. The standard InChI is InChI=1S/C12H24O4/c1-4-6-8-14-10-12(16-11(3)13)15-9-7-5-2/h12H,4-10H2,1-3H3. The Morgan fingerprint density at radius 2 is 1.75 bits per heavy atom. The molecule has 4 heteroatoms. The van der Waals surface area contributed by atoms with Gasteiger partial charge in [-0.05, 0) is 12.8 Å². The van der Waals surface area contributed by atoms with E-state index < -0.39 is 6.29 Å². The van der Waals surface area contributed by atoms with Crippen molar-refractivity contribution in [2.75, 3.05) is 19.8 Å². The lowest BCUT2D eigenvalue weighted by molar-refractivity contribution is -0.189. The fourth-order valence-electron chi connectivity index (χ4n) is 1.09. The van der Waals surface area contributed by atoms with Gasteiger partial charge in [-0.15, -0.1) is 0 Å². The lowest BCUT2D eigenvalue weighted by Crippen LogP contribution is -2.26. The first-order chi connectivity index (χ1) is 7.70. The van der Waals surface area contributed by atoms with Crippen molar-refractivity contribution in [3.63, 3.8) is 0 Å². The number of hydrogen-bond donors (Lipinski definition) is 0. The average molecular weight is 232 g/mol. The van der Waals surface area contributed by atoms with E-state index in [-0.39, 0.29) is 5.97 Å². The Hall–Kier alpha value is -0.610. The van der Waals surface area contributed by atoms with Gasteiger partial charge in [0.1, 0.15) is 6.61 Å². The molecule has 0 N–H and O–H groups in total. The summed E-state index contributed by atoms with van der Waals surface area (Å²) in [5, 5.41) is 0. The molecule has 0 aromatic carbocycles. The molecule has 0 aromatic rings. The first-order valence-electron chi connectivity index (χ1n) is 6.07. The van der Waals surface area contributed by atoms with Crippen LogP contribution in [0.1, 0.15) is 46.5 Å². The van der Waals surface area contributed by atoms with Crippen LogP contribution in [0.2, 0.25) is 0 Å². The van der Waals surface area contributed by atoms with E-state index in [2.05, 4.69) is 13.8 Å². The topological polar surface area (TPSA) is 44.8 Å². The molecule has 0 aliphatic heterocycles. The van der Waals surface area contributed by atoms with Gasteiger partial charge in [0.2, 0.25) is 6.29 Å². The highest BCUT2D eigenvalue weighted by molar-refractivity contribution is 5.66. The van der Waals surface area contributed by atoms with Crippen LogP contribution in [0.5, 0.6) is 0 Å².